The van der Waals surface area contributed by atoms with E-state index in [1.165, 1.54) is 6.40 Å². The maximum absolute atomic E-state index is 12.2. The Labute approximate surface area is 171 Å². The summed E-state index contributed by atoms with van der Waals surface area (Å²) in [7, 11) is 1.85. The van der Waals surface area contributed by atoms with Gasteiger partial charge in [0.05, 0.1) is 17.9 Å². The maximum atomic E-state index is 12.2. The Bertz CT molecular complexity index is 981. The average Bonchev–Trinajstić information content (AvgIpc) is 3.26. The molecule has 0 fully saturated rings. The number of urea groups is 1. The summed E-state index contributed by atoms with van der Waals surface area (Å²) in [6, 6.07) is 5.89. The minimum Gasteiger partial charge on any atom is -0.474 e. The first kappa shape index (κ1) is 21.4. The van der Waals surface area contributed by atoms with Crippen molar-refractivity contribution in [2.75, 3.05) is 11.9 Å². The van der Waals surface area contributed by atoms with Crippen molar-refractivity contribution in [3.05, 3.63) is 41.9 Å². The Morgan fingerprint density at radius 2 is 2.13 bits per heavy atom. The number of anilines is 1. The molecule has 0 bridgehead atoms. The molecule has 30 heavy (non-hydrogen) atoms. The Morgan fingerprint density at radius 3 is 2.80 bits per heavy atom. The fourth-order valence-electron chi connectivity index (χ4n) is 3.10. The van der Waals surface area contributed by atoms with Gasteiger partial charge < -0.3 is 19.9 Å². The second-order valence-corrected chi connectivity index (χ2v) is 7.00. The molecule has 1 aliphatic heterocycles. The molecule has 2 amide bonds. The van der Waals surface area contributed by atoms with Gasteiger partial charge in [-0.3, -0.25) is 4.99 Å². The molecule has 1 aromatic heterocycles. The summed E-state index contributed by atoms with van der Waals surface area (Å²) in [4.78, 5) is 20.3. The van der Waals surface area contributed by atoms with Crippen molar-refractivity contribution in [3.8, 4) is 11.3 Å². The average molecular weight is 421 g/mol. The van der Waals surface area contributed by atoms with Crippen LogP contribution < -0.4 is 10.6 Å². The van der Waals surface area contributed by atoms with Crippen LogP contribution in [0.25, 0.3) is 17.3 Å². The molecule has 2 aromatic rings. The molecule has 7 nitrogen and oxygen atoms in total. The van der Waals surface area contributed by atoms with Crippen LogP contribution >= 0.6 is 0 Å². The lowest BCUT2D eigenvalue weighted by atomic mass is 10.1. The zero-order valence-electron chi connectivity index (χ0n) is 16.7. The third kappa shape index (κ3) is 5.19. The molecule has 2 atom stereocenters. The first-order valence-electron chi connectivity index (χ1n) is 9.23. The predicted molar refractivity (Wildman–Crippen MR) is 108 cm³/mol. The van der Waals surface area contributed by atoms with Gasteiger partial charge in [0.25, 0.3) is 0 Å². The molecule has 0 aliphatic carbocycles. The van der Waals surface area contributed by atoms with Crippen molar-refractivity contribution in [2.45, 2.75) is 32.2 Å². The standard InChI is InChI=1S/C20H22F3N5O2/c1-12(18-13(2)26-11-30-18)7-17-24-9-16(28(17)3)14-5-4-6-15(8-14)27-19(29)25-10-20(21,22)23/h4-9,11,13,18H,10H2,1-3H3,(H2,25,27,29)/b12-7+. The summed E-state index contributed by atoms with van der Waals surface area (Å²) in [5.74, 6) is 0.714. The number of carbonyl (C=O) groups excluding carboxylic acids is 1. The number of rotatable bonds is 5. The Hall–Kier alpha value is -3.30. The number of aromatic nitrogens is 2. The van der Waals surface area contributed by atoms with E-state index in [4.69, 9.17) is 4.74 Å². The lowest BCUT2D eigenvalue weighted by molar-refractivity contribution is -0.122. The van der Waals surface area contributed by atoms with Crippen molar-refractivity contribution < 1.29 is 22.7 Å². The predicted octanol–water partition coefficient (Wildman–Crippen LogP) is 3.99. The second kappa shape index (κ2) is 8.60. The van der Waals surface area contributed by atoms with Crippen LogP contribution in [0, 0.1) is 0 Å². The topological polar surface area (TPSA) is 80.5 Å². The fraction of sp³-hybridized carbons (Fsp3) is 0.350. The summed E-state index contributed by atoms with van der Waals surface area (Å²) in [6.45, 7) is 2.52. The van der Waals surface area contributed by atoms with Crippen LogP contribution in [0.2, 0.25) is 0 Å². The van der Waals surface area contributed by atoms with Gasteiger partial charge in [0.15, 0.2) is 6.40 Å². The first-order valence-corrected chi connectivity index (χ1v) is 9.23. The quantitative estimate of drug-likeness (QED) is 0.766. The molecule has 1 aliphatic rings. The molecule has 0 saturated carbocycles. The third-order valence-corrected chi connectivity index (χ3v) is 4.64. The molecule has 2 heterocycles. The lowest BCUT2D eigenvalue weighted by Gasteiger charge is -2.14. The Kier molecular flexibility index (Phi) is 6.14. The van der Waals surface area contributed by atoms with Crippen molar-refractivity contribution in [2.24, 2.45) is 12.0 Å². The fourth-order valence-corrected chi connectivity index (χ4v) is 3.10. The number of hydrogen-bond donors (Lipinski definition) is 2. The minimum absolute atomic E-state index is 0.0345. The van der Waals surface area contributed by atoms with Gasteiger partial charge in [0.1, 0.15) is 18.5 Å². The van der Waals surface area contributed by atoms with E-state index in [2.05, 4.69) is 15.3 Å². The number of ether oxygens (including phenoxy) is 1. The van der Waals surface area contributed by atoms with E-state index in [1.54, 1.807) is 29.7 Å². The lowest BCUT2D eigenvalue weighted by Crippen LogP contribution is -2.36. The van der Waals surface area contributed by atoms with Crippen LogP contribution in [0.15, 0.2) is 41.0 Å². The van der Waals surface area contributed by atoms with Crippen LogP contribution in [0.3, 0.4) is 0 Å². The van der Waals surface area contributed by atoms with E-state index in [0.717, 1.165) is 16.8 Å². The van der Waals surface area contributed by atoms with Gasteiger partial charge in [-0.15, -0.1) is 0 Å². The highest BCUT2D eigenvalue weighted by atomic mass is 19.4. The second-order valence-electron chi connectivity index (χ2n) is 7.00. The number of aliphatic imine (C=N–C) groups is 1. The van der Waals surface area contributed by atoms with E-state index < -0.39 is 18.8 Å². The largest absolute Gasteiger partial charge is 0.474 e. The third-order valence-electron chi connectivity index (χ3n) is 4.64. The molecule has 10 heteroatoms. The zero-order valence-corrected chi connectivity index (χ0v) is 16.7. The number of nitrogens with one attached hydrogen (secondary N) is 2. The summed E-state index contributed by atoms with van der Waals surface area (Å²) in [5.41, 5.74) is 2.89. The minimum atomic E-state index is -4.47. The Morgan fingerprint density at radius 1 is 1.37 bits per heavy atom. The number of benzene rings is 1. The van der Waals surface area contributed by atoms with E-state index >= 15 is 0 Å². The number of amides is 2. The summed E-state index contributed by atoms with van der Waals surface area (Å²) >= 11 is 0. The molecule has 160 valence electrons. The summed E-state index contributed by atoms with van der Waals surface area (Å²) in [5, 5.41) is 4.18. The van der Waals surface area contributed by atoms with E-state index in [0.29, 0.717) is 11.5 Å². The monoisotopic (exact) mass is 421 g/mol. The molecule has 2 unspecified atom stereocenters. The number of nitrogens with zero attached hydrogens (tertiary/aromatic N) is 3. The molecular formula is C20H22F3N5O2. The molecule has 2 N–H and O–H groups in total. The normalized spacial score (nSPS) is 18.9. The van der Waals surface area contributed by atoms with Crippen molar-refractivity contribution in [1.29, 1.82) is 0 Å². The van der Waals surface area contributed by atoms with Crippen molar-refractivity contribution >= 4 is 24.2 Å². The van der Waals surface area contributed by atoms with Crippen molar-refractivity contribution in [3.63, 3.8) is 0 Å². The van der Waals surface area contributed by atoms with Gasteiger partial charge in [-0.1, -0.05) is 12.1 Å². The molecule has 0 saturated heterocycles. The summed E-state index contributed by atoms with van der Waals surface area (Å²) < 4.78 is 44.1. The van der Waals surface area contributed by atoms with Crippen molar-refractivity contribution in [1.82, 2.24) is 14.9 Å². The van der Waals surface area contributed by atoms with Crippen LogP contribution in [-0.2, 0) is 11.8 Å². The van der Waals surface area contributed by atoms with Crippen LogP contribution in [0.1, 0.15) is 19.7 Å². The van der Waals surface area contributed by atoms with Gasteiger partial charge in [-0.2, -0.15) is 13.2 Å². The molecular weight excluding hydrogens is 399 g/mol. The van der Waals surface area contributed by atoms with Gasteiger partial charge >= 0.3 is 12.2 Å². The smallest absolute Gasteiger partial charge is 0.405 e. The molecule has 1 aromatic carbocycles. The van der Waals surface area contributed by atoms with Gasteiger partial charge in [-0.05, 0) is 37.6 Å². The van der Waals surface area contributed by atoms with Gasteiger partial charge in [0.2, 0.25) is 0 Å². The number of hydrogen-bond acceptors (Lipinski definition) is 4. The van der Waals surface area contributed by atoms with Crippen LogP contribution in [0.5, 0.6) is 0 Å². The number of alkyl halides is 3. The SMILES string of the molecule is C/C(=C\c1ncc(-c2cccc(NC(=O)NCC(F)(F)F)c2)n1C)C1OC=NC1C. The number of carbonyl (C=O) groups is 1. The molecule has 0 spiro atoms. The maximum Gasteiger partial charge on any atom is 0.405 e. The highest BCUT2D eigenvalue weighted by molar-refractivity contribution is 5.90. The van der Waals surface area contributed by atoms with E-state index in [-0.39, 0.29) is 12.1 Å². The molecule has 3 rings (SSSR count). The number of halogens is 3. The first-order chi connectivity index (χ1) is 14.1. The van der Waals surface area contributed by atoms with E-state index in [9.17, 15) is 18.0 Å². The molecule has 0 radical (unpaired) electrons. The number of imidazole rings is 1. The van der Waals surface area contributed by atoms with Gasteiger partial charge in [-0.25, -0.2) is 9.78 Å². The highest BCUT2D eigenvalue weighted by Gasteiger charge is 2.27. The van der Waals surface area contributed by atoms with Gasteiger partial charge in [0, 0.05) is 18.3 Å². The summed E-state index contributed by atoms with van der Waals surface area (Å²) in [6.07, 6.45) is 0.472. The van der Waals surface area contributed by atoms with E-state index in [1.807, 2.05) is 37.6 Å². The Balaban J connectivity index is 1.74. The highest BCUT2D eigenvalue weighted by Crippen LogP contribution is 2.25. The zero-order chi connectivity index (χ0) is 21.9. The van der Waals surface area contributed by atoms with Crippen LogP contribution in [-0.4, -0.2) is 46.8 Å². The van der Waals surface area contributed by atoms with Crippen LogP contribution in [0.4, 0.5) is 23.7 Å².